The Morgan fingerprint density at radius 1 is 0.776 bits per heavy atom. The number of rotatable bonds is 13. The van der Waals surface area contributed by atoms with Gasteiger partial charge in [0.25, 0.3) is 17.5 Å². The average molecular weight is 673 g/mol. The normalized spacial score (nSPS) is 11.6. The molecule has 1 atom stereocenters. The number of benzene rings is 5. The summed E-state index contributed by atoms with van der Waals surface area (Å²) in [5, 5.41) is 19.4. The third-order valence-electron chi connectivity index (χ3n) is 7.10. The lowest BCUT2D eigenvalue weighted by Gasteiger charge is -2.18. The van der Waals surface area contributed by atoms with Crippen molar-refractivity contribution in [2.75, 3.05) is 17.2 Å². The largest absolute Gasteiger partial charge is 0.494 e. The van der Waals surface area contributed by atoms with Gasteiger partial charge in [-0.3, -0.25) is 24.5 Å². The fraction of sp³-hybridized carbons (Fsp3) is 0.0789. The molecule has 5 rings (SSSR count). The zero-order chi connectivity index (χ0) is 34.6. The van der Waals surface area contributed by atoms with Crippen molar-refractivity contribution in [2.24, 2.45) is 0 Å². The summed E-state index contributed by atoms with van der Waals surface area (Å²) in [6, 6.07) is 37.7. The summed E-state index contributed by atoms with van der Waals surface area (Å²) < 4.78 is 5.49. The van der Waals surface area contributed by atoms with E-state index in [9.17, 15) is 24.5 Å². The van der Waals surface area contributed by atoms with Gasteiger partial charge in [0.1, 0.15) is 16.7 Å². The number of amides is 3. The molecule has 11 heteroatoms. The minimum atomic E-state index is -0.681. The van der Waals surface area contributed by atoms with Crippen molar-refractivity contribution in [1.29, 1.82) is 0 Å². The van der Waals surface area contributed by atoms with Crippen molar-refractivity contribution in [3.05, 3.63) is 166 Å². The van der Waals surface area contributed by atoms with E-state index in [-0.39, 0.29) is 22.9 Å². The molecule has 0 heterocycles. The standard InChI is InChI=1S/C38H32N4O6S/c1-2-48-31-21-17-29(18-22-31)40-38(45)35(26-11-5-3-6-12-26)49-32-23-19-30(20-24-32)39-37(44)33(41-36(43)27-13-7-4-8-14-27)25-28-15-9-10-16-34(28)42(46)47/h3-25,35H,2H2,1H3,(H,39,44)(H,40,45)(H,41,43)/b33-25-. The van der Waals surface area contributed by atoms with Crippen molar-refractivity contribution in [3.63, 3.8) is 0 Å². The SMILES string of the molecule is CCOc1ccc(NC(=O)C(Sc2ccc(NC(=O)/C(=C/c3ccccc3[N+](=O)[O-])NC(=O)c3ccccc3)cc2)c2ccccc2)cc1. The Labute approximate surface area is 287 Å². The van der Waals surface area contributed by atoms with Crippen LogP contribution in [0.4, 0.5) is 17.1 Å². The van der Waals surface area contributed by atoms with Crippen LogP contribution in [0.5, 0.6) is 5.75 Å². The number of ether oxygens (including phenoxy) is 1. The number of carbonyl (C=O) groups excluding carboxylic acids is 3. The van der Waals surface area contributed by atoms with E-state index in [0.717, 1.165) is 10.5 Å². The summed E-state index contributed by atoms with van der Waals surface area (Å²) in [4.78, 5) is 51.9. The Balaban J connectivity index is 1.34. The summed E-state index contributed by atoms with van der Waals surface area (Å²) in [6.45, 7) is 2.45. The van der Waals surface area contributed by atoms with E-state index in [0.29, 0.717) is 29.3 Å². The van der Waals surface area contributed by atoms with Crippen LogP contribution in [0.3, 0.4) is 0 Å². The van der Waals surface area contributed by atoms with Crippen LogP contribution >= 0.6 is 11.8 Å². The van der Waals surface area contributed by atoms with E-state index in [1.165, 1.54) is 36.0 Å². The predicted molar refractivity (Wildman–Crippen MR) is 191 cm³/mol. The van der Waals surface area contributed by atoms with Crippen LogP contribution in [0.2, 0.25) is 0 Å². The lowest BCUT2D eigenvalue weighted by Crippen LogP contribution is -2.30. The Morgan fingerprint density at radius 3 is 2.02 bits per heavy atom. The average Bonchev–Trinajstić information content (AvgIpc) is 3.12. The van der Waals surface area contributed by atoms with Gasteiger partial charge in [-0.1, -0.05) is 60.7 Å². The zero-order valence-corrected chi connectivity index (χ0v) is 27.2. The molecule has 0 saturated heterocycles. The Bertz CT molecular complexity index is 1950. The molecule has 3 amide bonds. The maximum absolute atomic E-state index is 13.5. The maximum atomic E-state index is 13.5. The summed E-state index contributed by atoms with van der Waals surface area (Å²) in [5.41, 5.74) is 1.91. The van der Waals surface area contributed by atoms with Crippen LogP contribution in [0.25, 0.3) is 6.08 Å². The van der Waals surface area contributed by atoms with Crippen molar-refractivity contribution >= 4 is 52.6 Å². The molecule has 246 valence electrons. The van der Waals surface area contributed by atoms with Crippen LogP contribution in [-0.4, -0.2) is 29.3 Å². The van der Waals surface area contributed by atoms with E-state index < -0.39 is 22.0 Å². The smallest absolute Gasteiger partial charge is 0.276 e. The molecule has 3 N–H and O–H groups in total. The molecule has 0 fully saturated rings. The summed E-state index contributed by atoms with van der Waals surface area (Å²) in [6.07, 6.45) is 1.27. The number of nitro benzene ring substituents is 1. The van der Waals surface area contributed by atoms with Gasteiger partial charge in [-0.15, -0.1) is 11.8 Å². The first-order chi connectivity index (χ1) is 23.8. The molecule has 0 saturated carbocycles. The van der Waals surface area contributed by atoms with Crippen molar-refractivity contribution in [1.82, 2.24) is 5.32 Å². The topological polar surface area (TPSA) is 140 Å². The lowest BCUT2D eigenvalue weighted by molar-refractivity contribution is -0.385. The number of anilines is 2. The molecule has 0 aliphatic heterocycles. The number of carbonyl (C=O) groups is 3. The van der Waals surface area contributed by atoms with E-state index in [4.69, 9.17) is 4.74 Å². The third kappa shape index (κ3) is 9.43. The molecule has 0 radical (unpaired) electrons. The van der Waals surface area contributed by atoms with Crippen LogP contribution in [0.15, 0.2) is 144 Å². The summed E-state index contributed by atoms with van der Waals surface area (Å²) >= 11 is 1.34. The molecule has 5 aromatic carbocycles. The van der Waals surface area contributed by atoms with Gasteiger partial charge >= 0.3 is 0 Å². The van der Waals surface area contributed by atoms with E-state index in [1.807, 2.05) is 37.3 Å². The second-order valence-electron chi connectivity index (χ2n) is 10.5. The van der Waals surface area contributed by atoms with Gasteiger partial charge < -0.3 is 20.7 Å². The van der Waals surface area contributed by atoms with Gasteiger partial charge in [0, 0.05) is 27.9 Å². The molecular formula is C38H32N4O6S. The molecule has 0 aliphatic carbocycles. The zero-order valence-electron chi connectivity index (χ0n) is 26.4. The Morgan fingerprint density at radius 2 is 1.37 bits per heavy atom. The second-order valence-corrected chi connectivity index (χ2v) is 11.7. The quantitative estimate of drug-likeness (QED) is 0.0500. The number of nitro groups is 1. The molecule has 0 aliphatic rings. The highest BCUT2D eigenvalue weighted by molar-refractivity contribution is 8.00. The molecule has 1 unspecified atom stereocenters. The van der Waals surface area contributed by atoms with Crippen molar-refractivity contribution in [3.8, 4) is 5.75 Å². The van der Waals surface area contributed by atoms with Crippen LogP contribution in [-0.2, 0) is 9.59 Å². The van der Waals surface area contributed by atoms with Gasteiger partial charge in [0.2, 0.25) is 5.91 Å². The van der Waals surface area contributed by atoms with Gasteiger partial charge in [-0.05, 0) is 85.3 Å². The molecule has 5 aromatic rings. The highest BCUT2D eigenvalue weighted by Crippen LogP contribution is 2.37. The first-order valence-corrected chi connectivity index (χ1v) is 16.2. The lowest BCUT2D eigenvalue weighted by atomic mass is 10.1. The molecular weight excluding hydrogens is 641 g/mol. The number of para-hydroxylation sites is 1. The molecule has 49 heavy (non-hydrogen) atoms. The Kier molecular flexibility index (Phi) is 11.5. The highest BCUT2D eigenvalue weighted by atomic mass is 32.2. The van der Waals surface area contributed by atoms with Gasteiger partial charge in [-0.25, -0.2) is 0 Å². The number of hydrogen-bond acceptors (Lipinski definition) is 7. The maximum Gasteiger partial charge on any atom is 0.276 e. The number of thioether (sulfide) groups is 1. The number of hydrogen-bond donors (Lipinski definition) is 3. The summed E-state index contributed by atoms with van der Waals surface area (Å²) in [7, 11) is 0. The van der Waals surface area contributed by atoms with Gasteiger partial charge in [0.15, 0.2) is 0 Å². The van der Waals surface area contributed by atoms with Crippen LogP contribution < -0.4 is 20.7 Å². The Hall–Kier alpha value is -6.20. The highest BCUT2D eigenvalue weighted by Gasteiger charge is 2.23. The van der Waals surface area contributed by atoms with E-state index >= 15 is 0 Å². The monoisotopic (exact) mass is 672 g/mol. The van der Waals surface area contributed by atoms with Crippen LogP contribution in [0.1, 0.15) is 33.7 Å². The molecule has 0 spiro atoms. The minimum Gasteiger partial charge on any atom is -0.494 e. The molecule has 0 bridgehead atoms. The summed E-state index contributed by atoms with van der Waals surface area (Å²) in [5.74, 6) is -0.733. The van der Waals surface area contributed by atoms with Crippen molar-refractivity contribution in [2.45, 2.75) is 17.1 Å². The fourth-order valence-electron chi connectivity index (χ4n) is 4.73. The molecule has 0 aromatic heterocycles. The molecule has 10 nitrogen and oxygen atoms in total. The van der Waals surface area contributed by atoms with Gasteiger partial charge in [-0.2, -0.15) is 0 Å². The third-order valence-corrected chi connectivity index (χ3v) is 8.37. The fourth-order valence-corrected chi connectivity index (χ4v) is 5.76. The van der Waals surface area contributed by atoms with Crippen molar-refractivity contribution < 1.29 is 24.0 Å². The first-order valence-electron chi connectivity index (χ1n) is 15.3. The van der Waals surface area contributed by atoms with Crippen LogP contribution in [0, 0.1) is 10.1 Å². The predicted octanol–water partition coefficient (Wildman–Crippen LogP) is 7.88. The van der Waals surface area contributed by atoms with Gasteiger partial charge in [0.05, 0.1) is 17.1 Å². The van der Waals surface area contributed by atoms with E-state index in [2.05, 4.69) is 16.0 Å². The number of nitrogens with zero attached hydrogens (tertiary/aromatic N) is 1. The van der Waals surface area contributed by atoms with E-state index in [1.54, 1.807) is 84.9 Å². The number of nitrogens with one attached hydrogen (secondary N) is 3. The minimum absolute atomic E-state index is 0.147. The second kappa shape index (κ2) is 16.6. The first kappa shape index (κ1) is 34.1.